The first-order valence-electron chi connectivity index (χ1n) is 10.6. The predicted molar refractivity (Wildman–Crippen MR) is 121 cm³/mol. The zero-order chi connectivity index (χ0) is 23.9. The molecule has 0 unspecified atom stereocenters. The first kappa shape index (κ1) is 22.5. The van der Waals surface area contributed by atoms with Crippen LogP contribution in [0.15, 0.2) is 54.0 Å². The van der Waals surface area contributed by atoms with E-state index >= 15 is 0 Å². The fourth-order valence-electron chi connectivity index (χ4n) is 4.02. The second kappa shape index (κ2) is 8.80. The van der Waals surface area contributed by atoms with Crippen LogP contribution in [0.4, 0.5) is 23.2 Å². The number of fused-ring (bicyclic) bond motifs is 1. The van der Waals surface area contributed by atoms with Gasteiger partial charge in [-0.15, -0.1) is 11.3 Å². The lowest BCUT2D eigenvalue weighted by Gasteiger charge is -2.35. The van der Waals surface area contributed by atoms with E-state index in [4.69, 9.17) is 0 Å². The third-order valence-corrected chi connectivity index (χ3v) is 6.66. The number of hydrogen-bond donors (Lipinski definition) is 0. The predicted octanol–water partition coefficient (Wildman–Crippen LogP) is 4.62. The summed E-state index contributed by atoms with van der Waals surface area (Å²) in [4.78, 5) is 22.0. The highest BCUT2D eigenvalue weighted by Crippen LogP contribution is 2.34. The lowest BCUT2D eigenvalue weighted by molar-refractivity contribution is -0.142. The summed E-state index contributed by atoms with van der Waals surface area (Å²) in [5.41, 5.74) is 0.0307. The Hall–Kier alpha value is -3.31. The summed E-state index contributed by atoms with van der Waals surface area (Å²) in [6, 6.07) is 10.6. The van der Waals surface area contributed by atoms with Crippen LogP contribution < -0.4 is 4.90 Å². The van der Waals surface area contributed by atoms with E-state index in [9.17, 15) is 22.4 Å². The molecule has 3 aromatic heterocycles. The molecule has 0 amide bonds. The number of rotatable bonds is 5. The maximum atomic E-state index is 13.7. The molecule has 1 aromatic carbocycles. The number of ketones is 1. The van der Waals surface area contributed by atoms with Gasteiger partial charge in [-0.25, -0.2) is 13.9 Å². The molecular formula is C23H19F4N5OS. The fraction of sp³-hybridized carbons (Fsp3) is 0.261. The first-order chi connectivity index (χ1) is 16.3. The zero-order valence-electron chi connectivity index (χ0n) is 17.8. The lowest BCUT2D eigenvalue weighted by atomic mass is 10.1. The summed E-state index contributed by atoms with van der Waals surface area (Å²) >= 11 is 1.27. The second-order valence-electron chi connectivity index (χ2n) is 7.96. The molecule has 176 valence electrons. The minimum absolute atomic E-state index is 0.0465. The Morgan fingerprint density at radius 2 is 1.79 bits per heavy atom. The van der Waals surface area contributed by atoms with Crippen LogP contribution in [-0.4, -0.2) is 58.0 Å². The number of piperazine rings is 1. The van der Waals surface area contributed by atoms with Crippen molar-refractivity contribution in [1.29, 1.82) is 0 Å². The van der Waals surface area contributed by atoms with Crippen molar-refractivity contribution in [2.75, 3.05) is 37.6 Å². The number of halogens is 4. The third-order valence-electron chi connectivity index (χ3n) is 5.77. The molecule has 0 bridgehead atoms. The Labute approximate surface area is 196 Å². The number of benzene rings is 1. The summed E-state index contributed by atoms with van der Waals surface area (Å²) in [6.45, 7) is 2.51. The van der Waals surface area contributed by atoms with Gasteiger partial charge in [0.2, 0.25) is 0 Å². The largest absolute Gasteiger partial charge is 0.433 e. The number of Topliss-reactive ketones (excluding diaryl/α,β-unsaturated/α-hetero) is 1. The molecular weight excluding hydrogens is 470 g/mol. The van der Waals surface area contributed by atoms with Crippen LogP contribution in [-0.2, 0) is 6.18 Å². The smallest absolute Gasteiger partial charge is 0.369 e. The minimum atomic E-state index is -4.66. The summed E-state index contributed by atoms with van der Waals surface area (Å²) in [7, 11) is 0. The van der Waals surface area contributed by atoms with Crippen LogP contribution in [0.5, 0.6) is 0 Å². The van der Waals surface area contributed by atoms with Gasteiger partial charge in [-0.2, -0.15) is 18.3 Å². The number of anilines is 1. The van der Waals surface area contributed by atoms with Crippen LogP contribution in [0.2, 0.25) is 0 Å². The summed E-state index contributed by atoms with van der Waals surface area (Å²) in [6.07, 6.45) is -3.50. The summed E-state index contributed by atoms with van der Waals surface area (Å²) < 4.78 is 55.0. The van der Waals surface area contributed by atoms with Gasteiger partial charge < -0.3 is 4.90 Å². The second-order valence-corrected chi connectivity index (χ2v) is 8.91. The third kappa shape index (κ3) is 4.40. The maximum Gasteiger partial charge on any atom is 0.433 e. The average Bonchev–Trinajstić information content (AvgIpc) is 3.49. The van der Waals surface area contributed by atoms with Gasteiger partial charge in [0.05, 0.1) is 28.9 Å². The molecule has 1 saturated heterocycles. The highest BCUT2D eigenvalue weighted by atomic mass is 32.1. The SMILES string of the molecule is O=C(CN1CCN(c2ccc(F)cc2)CC1)c1cnn2c(C(F)(F)F)cc(-c3cccs3)nc12. The van der Waals surface area contributed by atoms with Crippen molar-refractivity contribution in [2.45, 2.75) is 6.18 Å². The molecule has 34 heavy (non-hydrogen) atoms. The molecule has 0 N–H and O–H groups in total. The van der Waals surface area contributed by atoms with Crippen molar-refractivity contribution in [2.24, 2.45) is 0 Å². The summed E-state index contributed by atoms with van der Waals surface area (Å²) in [5, 5.41) is 5.59. The summed E-state index contributed by atoms with van der Waals surface area (Å²) in [5.74, 6) is -0.639. The maximum absolute atomic E-state index is 13.7. The van der Waals surface area contributed by atoms with E-state index in [2.05, 4.69) is 15.0 Å². The van der Waals surface area contributed by atoms with Crippen molar-refractivity contribution in [3.8, 4) is 10.6 Å². The average molecular weight is 489 g/mol. The molecule has 0 saturated carbocycles. The van der Waals surface area contributed by atoms with E-state index in [0.717, 1.165) is 18.0 Å². The number of carbonyl (C=O) groups excluding carboxylic acids is 1. The van der Waals surface area contributed by atoms with Crippen LogP contribution in [0.1, 0.15) is 16.1 Å². The van der Waals surface area contributed by atoms with E-state index in [0.29, 0.717) is 35.6 Å². The fourth-order valence-corrected chi connectivity index (χ4v) is 4.70. The quantitative estimate of drug-likeness (QED) is 0.303. The number of alkyl halides is 3. The molecule has 0 aliphatic carbocycles. The Morgan fingerprint density at radius 3 is 2.44 bits per heavy atom. The van der Waals surface area contributed by atoms with Gasteiger partial charge in [0.25, 0.3) is 0 Å². The van der Waals surface area contributed by atoms with Crippen LogP contribution in [0, 0.1) is 5.82 Å². The molecule has 1 aliphatic rings. The van der Waals surface area contributed by atoms with Crippen molar-refractivity contribution in [3.05, 3.63) is 71.1 Å². The monoisotopic (exact) mass is 489 g/mol. The van der Waals surface area contributed by atoms with Crippen LogP contribution in [0.3, 0.4) is 0 Å². The van der Waals surface area contributed by atoms with Crippen molar-refractivity contribution < 1.29 is 22.4 Å². The number of aromatic nitrogens is 3. The highest BCUT2D eigenvalue weighted by Gasteiger charge is 2.36. The van der Waals surface area contributed by atoms with Gasteiger partial charge in [0.1, 0.15) is 5.82 Å². The molecule has 4 heterocycles. The van der Waals surface area contributed by atoms with E-state index in [1.54, 1.807) is 29.6 Å². The molecule has 1 fully saturated rings. The van der Waals surface area contributed by atoms with Crippen molar-refractivity contribution in [1.82, 2.24) is 19.5 Å². The topological polar surface area (TPSA) is 53.7 Å². The van der Waals surface area contributed by atoms with Gasteiger partial charge in [0.15, 0.2) is 17.1 Å². The van der Waals surface area contributed by atoms with E-state index < -0.39 is 11.9 Å². The Kier molecular flexibility index (Phi) is 5.82. The Balaban J connectivity index is 1.36. The number of nitrogens with zero attached hydrogens (tertiary/aromatic N) is 5. The van der Waals surface area contributed by atoms with Gasteiger partial charge in [-0.1, -0.05) is 6.07 Å². The normalized spacial score (nSPS) is 15.2. The molecule has 11 heteroatoms. The van der Waals surface area contributed by atoms with E-state index in [-0.39, 0.29) is 35.0 Å². The lowest BCUT2D eigenvalue weighted by Crippen LogP contribution is -2.48. The number of thiophene rings is 1. The standard InChI is InChI=1S/C23H19F4N5OS/c24-15-3-5-16(6-4-15)31-9-7-30(8-10-31)14-19(33)17-13-28-32-21(23(25,26)27)12-18(29-22(17)32)20-2-1-11-34-20/h1-6,11-13H,7-10,14H2. The van der Waals surface area contributed by atoms with Crippen LogP contribution in [0.25, 0.3) is 16.2 Å². The van der Waals surface area contributed by atoms with Gasteiger partial charge in [-0.3, -0.25) is 9.69 Å². The molecule has 1 aliphatic heterocycles. The molecule has 0 spiro atoms. The Bertz CT molecular complexity index is 1310. The Morgan fingerprint density at radius 1 is 1.06 bits per heavy atom. The minimum Gasteiger partial charge on any atom is -0.369 e. The molecule has 0 atom stereocenters. The van der Waals surface area contributed by atoms with E-state index in [1.807, 2.05) is 4.90 Å². The highest BCUT2D eigenvalue weighted by molar-refractivity contribution is 7.13. The van der Waals surface area contributed by atoms with Crippen molar-refractivity contribution >= 4 is 28.5 Å². The van der Waals surface area contributed by atoms with Crippen LogP contribution >= 0.6 is 11.3 Å². The van der Waals surface area contributed by atoms with E-state index in [1.165, 1.54) is 23.5 Å². The number of carbonyl (C=O) groups is 1. The van der Waals surface area contributed by atoms with Crippen molar-refractivity contribution in [3.63, 3.8) is 0 Å². The molecule has 6 nitrogen and oxygen atoms in total. The zero-order valence-corrected chi connectivity index (χ0v) is 18.6. The molecule has 4 aromatic rings. The molecule has 0 radical (unpaired) electrons. The number of hydrogen-bond acceptors (Lipinski definition) is 6. The van der Waals surface area contributed by atoms with Gasteiger partial charge in [-0.05, 0) is 41.8 Å². The van der Waals surface area contributed by atoms with Gasteiger partial charge >= 0.3 is 6.18 Å². The van der Waals surface area contributed by atoms with Gasteiger partial charge in [0, 0.05) is 31.9 Å². The molecule has 5 rings (SSSR count). The first-order valence-corrected chi connectivity index (χ1v) is 11.4.